The summed E-state index contributed by atoms with van der Waals surface area (Å²) in [6.45, 7) is 0. The van der Waals surface area contributed by atoms with Crippen molar-refractivity contribution in [2.75, 3.05) is 0 Å². The molecule has 0 spiro atoms. The Morgan fingerprint density at radius 3 is 2.88 bits per heavy atom. The summed E-state index contributed by atoms with van der Waals surface area (Å²) < 4.78 is 0. The van der Waals surface area contributed by atoms with Gasteiger partial charge in [0.25, 0.3) is 0 Å². The summed E-state index contributed by atoms with van der Waals surface area (Å²) in [6.07, 6.45) is 0.642. The molecule has 0 bridgehead atoms. The summed E-state index contributed by atoms with van der Waals surface area (Å²) in [6, 6.07) is 1.86. The summed E-state index contributed by atoms with van der Waals surface area (Å²) in [4.78, 5) is 0. The number of hydrogen-bond donors (Lipinski definition) is 2. The van der Waals surface area contributed by atoms with Crippen molar-refractivity contribution in [1.29, 1.82) is 5.26 Å². The summed E-state index contributed by atoms with van der Waals surface area (Å²) in [5.74, 6) is 0.103. The molecule has 44 valence electrons. The maximum absolute atomic E-state index is 7.97. The first kappa shape index (κ1) is 6.76. The van der Waals surface area contributed by atoms with Crippen LogP contribution in [-0.4, -0.2) is 11.0 Å². The number of hydrogen-bond acceptors (Lipinski definition) is 3. The van der Waals surface area contributed by atoms with Crippen LogP contribution in [0.4, 0.5) is 0 Å². The minimum absolute atomic E-state index is 0.103. The van der Waals surface area contributed by atoms with Gasteiger partial charge >= 0.3 is 0 Å². The minimum Gasteiger partial charge on any atom is -0.409 e. The van der Waals surface area contributed by atoms with Crippen LogP contribution < -0.4 is 5.73 Å². The average molecular weight is 113 g/mol. The van der Waals surface area contributed by atoms with Gasteiger partial charge in [-0.3, -0.25) is 0 Å². The molecule has 0 radical (unpaired) electrons. The van der Waals surface area contributed by atoms with Crippen molar-refractivity contribution >= 4 is 5.84 Å². The predicted molar refractivity (Wildman–Crippen MR) is 28.3 cm³/mol. The molecule has 0 rings (SSSR count). The lowest BCUT2D eigenvalue weighted by Crippen LogP contribution is -2.10. The van der Waals surface area contributed by atoms with Crippen LogP contribution in [0, 0.1) is 11.3 Å². The highest BCUT2D eigenvalue weighted by Gasteiger charge is 1.88. The Morgan fingerprint density at radius 1 is 1.88 bits per heavy atom. The molecule has 8 heavy (non-hydrogen) atoms. The zero-order valence-electron chi connectivity index (χ0n) is 4.33. The van der Waals surface area contributed by atoms with E-state index in [0.29, 0.717) is 12.8 Å². The van der Waals surface area contributed by atoms with Crippen molar-refractivity contribution in [2.45, 2.75) is 12.8 Å². The van der Waals surface area contributed by atoms with E-state index in [9.17, 15) is 0 Å². The maximum atomic E-state index is 7.97. The van der Waals surface area contributed by atoms with Crippen LogP contribution in [0.15, 0.2) is 5.16 Å². The van der Waals surface area contributed by atoms with Gasteiger partial charge in [0.05, 0.1) is 6.07 Å². The Balaban J connectivity index is 3.29. The summed E-state index contributed by atoms with van der Waals surface area (Å²) in [7, 11) is 0. The molecule has 0 aromatic carbocycles. The van der Waals surface area contributed by atoms with E-state index >= 15 is 0 Å². The molecule has 0 saturated carbocycles. The molecule has 0 aliphatic rings. The van der Waals surface area contributed by atoms with E-state index in [1.54, 1.807) is 0 Å². The Labute approximate surface area is 47.2 Å². The molecule has 0 unspecified atom stereocenters. The van der Waals surface area contributed by atoms with Gasteiger partial charge in [-0.25, -0.2) is 0 Å². The van der Waals surface area contributed by atoms with Crippen LogP contribution in [0.1, 0.15) is 12.8 Å². The van der Waals surface area contributed by atoms with Gasteiger partial charge in [0, 0.05) is 12.8 Å². The fraction of sp³-hybridized carbons (Fsp3) is 0.500. The molecule has 0 saturated heterocycles. The molecule has 0 heterocycles. The van der Waals surface area contributed by atoms with Gasteiger partial charge in [-0.2, -0.15) is 5.26 Å². The van der Waals surface area contributed by atoms with Crippen LogP contribution in [0.2, 0.25) is 0 Å². The highest BCUT2D eigenvalue weighted by atomic mass is 16.4. The molecule has 3 N–H and O–H groups in total. The highest BCUT2D eigenvalue weighted by molar-refractivity contribution is 5.79. The van der Waals surface area contributed by atoms with Crippen molar-refractivity contribution in [3.63, 3.8) is 0 Å². The fourth-order valence-electron chi connectivity index (χ4n) is 0.234. The topological polar surface area (TPSA) is 82.4 Å². The van der Waals surface area contributed by atoms with Gasteiger partial charge in [-0.1, -0.05) is 5.16 Å². The third-order valence-electron chi connectivity index (χ3n) is 0.621. The number of rotatable bonds is 2. The summed E-state index contributed by atoms with van der Waals surface area (Å²) >= 11 is 0. The Morgan fingerprint density at radius 2 is 2.50 bits per heavy atom. The lowest BCUT2D eigenvalue weighted by atomic mass is 10.3. The minimum atomic E-state index is 0.103. The van der Waals surface area contributed by atoms with E-state index in [1.807, 2.05) is 6.07 Å². The molecule has 4 nitrogen and oxygen atoms in total. The fourth-order valence-corrected chi connectivity index (χ4v) is 0.234. The molecule has 0 amide bonds. The van der Waals surface area contributed by atoms with Crippen molar-refractivity contribution in [1.82, 2.24) is 0 Å². The van der Waals surface area contributed by atoms with Gasteiger partial charge < -0.3 is 10.9 Å². The first-order valence-corrected chi connectivity index (χ1v) is 2.14. The normalized spacial score (nSPS) is 10.6. The average Bonchev–Trinajstić information content (AvgIpc) is 1.83. The highest BCUT2D eigenvalue weighted by Crippen LogP contribution is 1.83. The van der Waals surface area contributed by atoms with E-state index in [0.717, 1.165) is 0 Å². The Bertz CT molecular complexity index is 124. The lowest BCUT2D eigenvalue weighted by Gasteiger charge is -1.87. The standard InChI is InChI=1S/C4H7N3O/c5-3-1-2-4(6)7-8/h8H,1-2H2,(H2,6,7). The van der Waals surface area contributed by atoms with Crippen molar-refractivity contribution < 1.29 is 5.21 Å². The second-order valence-electron chi connectivity index (χ2n) is 1.25. The number of amidine groups is 1. The van der Waals surface area contributed by atoms with Gasteiger partial charge in [-0.05, 0) is 0 Å². The van der Waals surface area contributed by atoms with Crippen LogP contribution >= 0.6 is 0 Å². The van der Waals surface area contributed by atoms with Crippen LogP contribution in [0.3, 0.4) is 0 Å². The van der Waals surface area contributed by atoms with Gasteiger partial charge in [-0.15, -0.1) is 0 Å². The lowest BCUT2D eigenvalue weighted by molar-refractivity contribution is 0.317. The van der Waals surface area contributed by atoms with Crippen molar-refractivity contribution in [3.8, 4) is 6.07 Å². The predicted octanol–water partition coefficient (Wildman–Crippen LogP) is 0.0366. The van der Waals surface area contributed by atoms with E-state index in [-0.39, 0.29) is 5.84 Å². The molecule has 0 fully saturated rings. The van der Waals surface area contributed by atoms with Crippen LogP contribution in [-0.2, 0) is 0 Å². The Kier molecular flexibility index (Phi) is 3.32. The smallest absolute Gasteiger partial charge is 0.140 e. The molecular weight excluding hydrogens is 106 g/mol. The van der Waals surface area contributed by atoms with Crippen molar-refractivity contribution in [2.24, 2.45) is 10.9 Å². The largest absolute Gasteiger partial charge is 0.409 e. The third kappa shape index (κ3) is 2.97. The SMILES string of the molecule is N#CCCC(N)=NO. The molecule has 0 aromatic rings. The van der Waals surface area contributed by atoms with Crippen LogP contribution in [0.25, 0.3) is 0 Å². The maximum Gasteiger partial charge on any atom is 0.140 e. The van der Waals surface area contributed by atoms with E-state index < -0.39 is 0 Å². The number of oxime groups is 1. The molecule has 0 aliphatic heterocycles. The molecule has 4 heteroatoms. The molecule has 0 aromatic heterocycles. The molecule has 0 aliphatic carbocycles. The van der Waals surface area contributed by atoms with Gasteiger partial charge in [0.2, 0.25) is 0 Å². The monoisotopic (exact) mass is 113 g/mol. The quantitative estimate of drug-likeness (QED) is 0.229. The van der Waals surface area contributed by atoms with Crippen molar-refractivity contribution in [3.05, 3.63) is 0 Å². The van der Waals surface area contributed by atoms with Crippen LogP contribution in [0.5, 0.6) is 0 Å². The van der Waals surface area contributed by atoms with E-state index in [1.165, 1.54) is 0 Å². The number of nitriles is 1. The second-order valence-corrected chi connectivity index (χ2v) is 1.25. The molecular formula is C4H7N3O. The van der Waals surface area contributed by atoms with E-state index in [4.69, 9.17) is 16.2 Å². The number of nitrogens with zero attached hydrogens (tertiary/aromatic N) is 2. The molecule has 0 atom stereocenters. The van der Waals surface area contributed by atoms with E-state index in [2.05, 4.69) is 5.16 Å². The number of nitrogens with two attached hydrogens (primary N) is 1. The van der Waals surface area contributed by atoms with Gasteiger partial charge in [0.15, 0.2) is 0 Å². The first-order valence-electron chi connectivity index (χ1n) is 2.14. The second kappa shape index (κ2) is 3.93. The first-order chi connectivity index (χ1) is 3.81. The summed E-state index contributed by atoms with van der Waals surface area (Å²) in [5, 5.41) is 18.6. The zero-order chi connectivity index (χ0) is 6.41. The zero-order valence-corrected chi connectivity index (χ0v) is 4.33. The Hall–Kier alpha value is -1.24. The third-order valence-corrected chi connectivity index (χ3v) is 0.621. The van der Waals surface area contributed by atoms with Gasteiger partial charge in [0.1, 0.15) is 5.84 Å². The summed E-state index contributed by atoms with van der Waals surface area (Å²) in [5.41, 5.74) is 5.01.